The van der Waals surface area contributed by atoms with Gasteiger partial charge in [0.05, 0.1) is 16.6 Å². The molecule has 560 valence electrons. The lowest BCUT2D eigenvalue weighted by Gasteiger charge is -2.25. The summed E-state index contributed by atoms with van der Waals surface area (Å²) >= 11 is 0. The van der Waals surface area contributed by atoms with Crippen LogP contribution in [0, 0.1) is 83.1 Å². The van der Waals surface area contributed by atoms with Crippen LogP contribution in [-0.4, -0.2) is 35.1 Å². The van der Waals surface area contributed by atoms with Gasteiger partial charge in [0.25, 0.3) is 0 Å². The molecule has 3 nitrogen and oxygen atoms in total. The SMILES string of the molecule is Cc1cccc(C)c1B(c1c(C)cccc1C)c1cccc2c1ccc1cnc3ccccc3c12.Cc1cccc(C)c1B(c1ccc(-c2cccc3c2ccc2cnc4ccccc4c23)cc1)c1c(C)cccc1C.Cc1cccc(C)c1B(c1cccc(-c2cccc3c2ccc2cnc4ccccc4c23)c1)c1c(C)cccc1C. The van der Waals surface area contributed by atoms with Gasteiger partial charge in [-0.1, -0.05) is 419 Å². The van der Waals surface area contributed by atoms with Gasteiger partial charge in [0.15, 0.2) is 0 Å². The lowest BCUT2D eigenvalue weighted by atomic mass is 9.33. The molecule has 0 bridgehead atoms. The highest BCUT2D eigenvalue weighted by molar-refractivity contribution is 6.98. The predicted molar refractivity (Wildman–Crippen MR) is 511 cm³/mol. The quantitative estimate of drug-likeness (QED) is 0.0957. The van der Waals surface area contributed by atoms with Crippen LogP contribution in [-0.2, 0) is 0 Å². The van der Waals surface area contributed by atoms with E-state index in [9.17, 15) is 0 Å². The summed E-state index contributed by atoms with van der Waals surface area (Å²) in [7, 11) is 0. The van der Waals surface area contributed by atoms with Gasteiger partial charge in [-0.15, -0.1) is 0 Å². The first-order valence-corrected chi connectivity index (χ1v) is 41.2. The molecule has 3 aromatic heterocycles. The number of benzene rings is 17. The Labute approximate surface area is 689 Å². The molecular weight excluding hydrogens is 1410 g/mol. The van der Waals surface area contributed by atoms with E-state index in [1.807, 2.05) is 18.6 Å². The summed E-state index contributed by atoms with van der Waals surface area (Å²) in [6.45, 7) is 27.5. The van der Waals surface area contributed by atoms with Gasteiger partial charge < -0.3 is 0 Å². The molecule has 0 fully saturated rings. The smallest absolute Gasteiger partial charge is 0.243 e. The molecule has 0 N–H and O–H groups in total. The van der Waals surface area contributed by atoms with Crippen molar-refractivity contribution in [2.24, 2.45) is 0 Å². The number of nitrogens with zero attached hydrogens (tertiary/aromatic N) is 3. The summed E-state index contributed by atoms with van der Waals surface area (Å²) in [4.78, 5) is 14.1. The van der Waals surface area contributed by atoms with Gasteiger partial charge in [-0.05, 0) is 156 Å². The van der Waals surface area contributed by atoms with Crippen LogP contribution in [0.2, 0.25) is 0 Å². The molecule has 0 saturated carbocycles. The minimum Gasteiger partial charge on any atom is -0.256 e. The summed E-state index contributed by atoms with van der Waals surface area (Å²) in [5, 5.41) is 18.7. The Balaban J connectivity index is 0.000000122. The van der Waals surface area contributed by atoms with Crippen LogP contribution >= 0.6 is 0 Å². The number of rotatable bonds is 11. The third kappa shape index (κ3) is 13.7. The fraction of sp³-hybridized carbons (Fsp3) is 0.108. The molecule has 0 amide bonds. The van der Waals surface area contributed by atoms with Gasteiger partial charge in [-0.2, -0.15) is 0 Å². The molecule has 20 rings (SSSR count). The topological polar surface area (TPSA) is 38.7 Å². The van der Waals surface area contributed by atoms with Crippen LogP contribution in [0.25, 0.3) is 120 Å². The predicted octanol–water partition coefficient (Wildman–Crippen LogP) is 22.2. The van der Waals surface area contributed by atoms with E-state index in [4.69, 9.17) is 15.0 Å². The lowest BCUT2D eigenvalue weighted by molar-refractivity contribution is 1.40. The molecule has 3 heterocycles. The average molecular weight is 1500 g/mol. The maximum Gasteiger partial charge on any atom is 0.243 e. The summed E-state index contributed by atoms with van der Waals surface area (Å²) in [5.74, 6) is 0. The summed E-state index contributed by atoms with van der Waals surface area (Å²) in [6.07, 6.45) is 6.02. The van der Waals surface area contributed by atoms with Crippen molar-refractivity contribution in [1.29, 1.82) is 0 Å². The summed E-state index contributed by atoms with van der Waals surface area (Å²) in [5.41, 5.74) is 36.6. The highest BCUT2D eigenvalue weighted by Gasteiger charge is 2.32. The number of fused-ring (bicyclic) bond motifs is 15. The van der Waals surface area contributed by atoms with Gasteiger partial charge >= 0.3 is 0 Å². The Morgan fingerprint density at radius 3 is 0.838 bits per heavy atom. The van der Waals surface area contributed by atoms with Gasteiger partial charge in [0.2, 0.25) is 20.1 Å². The molecule has 0 aliphatic heterocycles. The molecule has 20 aromatic rings. The number of para-hydroxylation sites is 3. The number of aryl methyl sites for hydroxylation is 12. The number of hydrogen-bond donors (Lipinski definition) is 0. The van der Waals surface area contributed by atoms with Gasteiger partial charge in [0.1, 0.15) is 0 Å². The van der Waals surface area contributed by atoms with E-state index in [-0.39, 0.29) is 20.1 Å². The Hall–Kier alpha value is -13.3. The van der Waals surface area contributed by atoms with Crippen molar-refractivity contribution in [3.63, 3.8) is 0 Å². The maximum absolute atomic E-state index is 4.72. The standard InChI is InChI=1S/2C39H32BN.C33H28BN/c1-25-11-7-12-26(2)38(25)40(39-27(3)13-8-14-28(39)4)31-16-9-15-29(23-31)32-18-10-19-34-33(32)22-21-30-24-41-36-20-6-5-17-35(36)37(30)34;1-25-10-7-11-26(2)38(25)40(39-27(3)12-8-13-28(39)4)31-21-18-29(19-22-31)32-15-9-16-34-33(32)23-20-30-24-41-36-17-6-5-14-35(36)37(30)34;1-21-10-7-11-22(2)32(21)34(33-23(3)12-8-13-24(33)4)29-16-9-15-27-26(29)19-18-25-20-35-30-17-6-5-14-28(30)31(25)27/h2*5-24H,1-4H3;5-20H,1-4H3. The number of pyridine rings is 3. The van der Waals surface area contributed by atoms with Crippen molar-refractivity contribution in [3.05, 3.63) is 407 Å². The van der Waals surface area contributed by atoms with E-state index in [1.165, 1.54) is 219 Å². The lowest BCUT2D eigenvalue weighted by Crippen LogP contribution is -2.56. The van der Waals surface area contributed by atoms with Crippen LogP contribution in [0.5, 0.6) is 0 Å². The van der Waals surface area contributed by atoms with Crippen molar-refractivity contribution in [2.45, 2.75) is 83.1 Å². The summed E-state index contributed by atoms with van der Waals surface area (Å²) in [6, 6.07) is 118. The van der Waals surface area contributed by atoms with Crippen LogP contribution in [0.1, 0.15) is 66.8 Å². The minimum atomic E-state index is 0.156. The second-order valence-corrected chi connectivity index (χ2v) is 32.5. The average Bonchev–Trinajstić information content (AvgIpc) is 0.730. The van der Waals surface area contributed by atoms with Crippen molar-refractivity contribution < 1.29 is 0 Å². The van der Waals surface area contributed by atoms with E-state index >= 15 is 0 Å². The first-order chi connectivity index (χ1) is 57.1. The Bertz CT molecular complexity index is 7050. The van der Waals surface area contributed by atoms with Crippen LogP contribution < -0.4 is 49.2 Å². The molecular formula is C111H92B3N3. The van der Waals surface area contributed by atoms with Crippen LogP contribution in [0.15, 0.2) is 340 Å². The molecule has 0 unspecified atom stereocenters. The van der Waals surface area contributed by atoms with Crippen molar-refractivity contribution in [3.8, 4) is 22.3 Å². The third-order valence-electron chi connectivity index (χ3n) is 25.2. The summed E-state index contributed by atoms with van der Waals surface area (Å²) < 4.78 is 0. The molecule has 6 heteroatoms. The maximum atomic E-state index is 4.72. The van der Waals surface area contributed by atoms with E-state index in [1.54, 1.807) is 0 Å². The zero-order valence-electron chi connectivity index (χ0n) is 68.9. The Morgan fingerprint density at radius 2 is 0.470 bits per heavy atom. The molecule has 0 radical (unpaired) electrons. The third-order valence-corrected chi connectivity index (χ3v) is 25.2. The minimum absolute atomic E-state index is 0.156. The van der Waals surface area contributed by atoms with Gasteiger partial charge in [-0.25, -0.2) is 0 Å². The Kier molecular flexibility index (Phi) is 20.2. The number of aromatic nitrogens is 3. The van der Waals surface area contributed by atoms with Gasteiger partial charge in [-0.3, -0.25) is 15.0 Å². The fourth-order valence-electron chi connectivity index (χ4n) is 19.8. The second-order valence-electron chi connectivity index (χ2n) is 32.5. The highest BCUT2D eigenvalue weighted by atomic mass is 14.7. The monoisotopic (exact) mass is 1500 g/mol. The zero-order valence-corrected chi connectivity index (χ0v) is 68.9. The Morgan fingerprint density at radius 1 is 0.188 bits per heavy atom. The normalized spacial score (nSPS) is 11.4. The van der Waals surface area contributed by atoms with E-state index in [0.717, 1.165) is 16.6 Å². The molecule has 0 spiro atoms. The molecule has 0 aliphatic rings. The van der Waals surface area contributed by atoms with Gasteiger partial charge in [0, 0.05) is 67.1 Å². The largest absolute Gasteiger partial charge is 0.256 e. The highest BCUT2D eigenvalue weighted by Crippen LogP contribution is 2.39. The van der Waals surface area contributed by atoms with Crippen molar-refractivity contribution in [2.75, 3.05) is 0 Å². The van der Waals surface area contributed by atoms with E-state index in [0.29, 0.717) is 0 Å². The second kappa shape index (κ2) is 31.5. The van der Waals surface area contributed by atoms with Crippen molar-refractivity contribution in [1.82, 2.24) is 15.0 Å². The van der Waals surface area contributed by atoms with Crippen LogP contribution in [0.4, 0.5) is 0 Å². The number of hydrogen-bond acceptors (Lipinski definition) is 3. The first kappa shape index (κ1) is 75.1. The van der Waals surface area contributed by atoms with Crippen molar-refractivity contribution >= 4 is 167 Å². The zero-order chi connectivity index (χ0) is 80.3. The van der Waals surface area contributed by atoms with Crippen LogP contribution in [0.3, 0.4) is 0 Å². The molecule has 17 aromatic carbocycles. The van der Waals surface area contributed by atoms with E-state index in [2.05, 4.69) is 405 Å². The first-order valence-electron chi connectivity index (χ1n) is 41.2. The molecule has 0 saturated heterocycles. The van der Waals surface area contributed by atoms with E-state index < -0.39 is 0 Å². The molecule has 117 heavy (non-hydrogen) atoms. The molecule has 0 atom stereocenters. The molecule has 0 aliphatic carbocycles. The fourth-order valence-corrected chi connectivity index (χ4v) is 19.8.